The highest BCUT2D eigenvalue weighted by Crippen LogP contribution is 2.37. The molecule has 0 saturated heterocycles. The van der Waals surface area contributed by atoms with E-state index in [0.717, 1.165) is 5.69 Å². The van der Waals surface area contributed by atoms with Gasteiger partial charge in [-0.05, 0) is 18.2 Å². The van der Waals surface area contributed by atoms with E-state index >= 15 is 0 Å². The molecule has 0 aliphatic carbocycles. The Hall–Kier alpha value is -2.30. The molecule has 5 heteroatoms. The molecule has 1 aliphatic heterocycles. The van der Waals surface area contributed by atoms with Gasteiger partial charge in [0.15, 0.2) is 0 Å². The van der Waals surface area contributed by atoms with Crippen molar-refractivity contribution in [3.8, 4) is 0 Å². The lowest BCUT2D eigenvalue weighted by Gasteiger charge is -2.26. The first-order chi connectivity index (χ1) is 9.08. The monoisotopic (exact) mass is 263 g/mol. The topological polar surface area (TPSA) is 38.8 Å². The molecule has 0 amide bonds. The minimum Gasteiger partial charge on any atom is -0.504 e. The summed E-state index contributed by atoms with van der Waals surface area (Å²) in [5, 5.41) is 0. The Kier molecular flexibility index (Phi) is 3.55. The zero-order valence-electron chi connectivity index (χ0n) is 10.9. The number of ether oxygens (including phenoxy) is 2. The summed E-state index contributed by atoms with van der Waals surface area (Å²) in [4.78, 5) is 13.5. The van der Waals surface area contributed by atoms with Crippen LogP contribution in [-0.4, -0.2) is 27.2 Å². The summed E-state index contributed by atoms with van der Waals surface area (Å²) in [7, 11) is 4.55. The number of fused-ring (bicyclic) bond motifs is 1. The number of anilines is 1. The van der Waals surface area contributed by atoms with Crippen molar-refractivity contribution in [2.24, 2.45) is 0 Å². The molecule has 0 aromatic heterocycles. The van der Waals surface area contributed by atoms with E-state index in [1.807, 2.05) is 0 Å². The van der Waals surface area contributed by atoms with Crippen LogP contribution in [0.15, 0.2) is 36.2 Å². The predicted molar refractivity (Wildman–Crippen MR) is 69.9 cm³/mol. The van der Waals surface area contributed by atoms with Crippen molar-refractivity contribution in [2.75, 3.05) is 26.2 Å². The fourth-order valence-electron chi connectivity index (χ4n) is 2.03. The lowest BCUT2D eigenvalue weighted by molar-refractivity contribution is -0.135. The van der Waals surface area contributed by atoms with Crippen molar-refractivity contribution in [2.45, 2.75) is 0 Å². The first kappa shape index (κ1) is 13.1. The van der Waals surface area contributed by atoms with Crippen molar-refractivity contribution in [3.63, 3.8) is 0 Å². The summed E-state index contributed by atoms with van der Waals surface area (Å²) in [6.45, 7) is 0. The molecule has 1 aromatic carbocycles. The van der Waals surface area contributed by atoms with Crippen LogP contribution in [0.2, 0.25) is 0 Å². The van der Waals surface area contributed by atoms with Gasteiger partial charge in [0.05, 0.1) is 26.1 Å². The fraction of sp³-hybridized carbons (Fsp3) is 0.214. The van der Waals surface area contributed by atoms with Crippen LogP contribution in [0.25, 0.3) is 5.57 Å². The highest BCUT2D eigenvalue weighted by atomic mass is 19.1. The molecular weight excluding hydrogens is 249 g/mol. The van der Waals surface area contributed by atoms with Gasteiger partial charge in [-0.15, -0.1) is 0 Å². The van der Waals surface area contributed by atoms with Gasteiger partial charge in [-0.2, -0.15) is 0 Å². The van der Waals surface area contributed by atoms with E-state index in [4.69, 9.17) is 9.47 Å². The molecule has 19 heavy (non-hydrogen) atoms. The van der Waals surface area contributed by atoms with Crippen LogP contribution in [0.1, 0.15) is 5.56 Å². The molecule has 100 valence electrons. The average molecular weight is 263 g/mol. The molecule has 0 bridgehead atoms. The number of methoxy groups -OCH3 is 2. The second kappa shape index (κ2) is 5.14. The maximum absolute atomic E-state index is 13.4. The molecule has 0 radical (unpaired) electrons. The molecule has 0 saturated carbocycles. The van der Waals surface area contributed by atoms with Crippen molar-refractivity contribution < 1.29 is 18.7 Å². The standard InChI is InChI=1S/C14H14FNO3/c1-16-7-11(14(17)19-3)12(8-18-2)10-6-9(15)4-5-13(10)16/h4-8H,1-3H3/b12-8-. The highest BCUT2D eigenvalue weighted by molar-refractivity contribution is 6.09. The molecule has 0 unspecified atom stereocenters. The maximum atomic E-state index is 13.4. The van der Waals surface area contributed by atoms with Gasteiger partial charge in [0.1, 0.15) is 5.82 Å². The van der Waals surface area contributed by atoms with E-state index in [0.29, 0.717) is 16.7 Å². The van der Waals surface area contributed by atoms with Gasteiger partial charge in [-0.3, -0.25) is 0 Å². The van der Waals surface area contributed by atoms with Crippen molar-refractivity contribution in [1.29, 1.82) is 0 Å². The molecule has 0 atom stereocenters. The van der Waals surface area contributed by atoms with Crippen LogP contribution in [0.3, 0.4) is 0 Å². The van der Waals surface area contributed by atoms with Crippen molar-refractivity contribution in [1.82, 2.24) is 0 Å². The largest absolute Gasteiger partial charge is 0.504 e. The van der Waals surface area contributed by atoms with Crippen LogP contribution in [0.4, 0.5) is 10.1 Å². The quantitative estimate of drug-likeness (QED) is 0.606. The van der Waals surface area contributed by atoms with Gasteiger partial charge in [-0.25, -0.2) is 9.18 Å². The fourth-order valence-corrected chi connectivity index (χ4v) is 2.03. The number of benzene rings is 1. The summed E-state index contributed by atoms with van der Waals surface area (Å²) < 4.78 is 23.1. The molecule has 1 aromatic rings. The second-order valence-corrected chi connectivity index (χ2v) is 4.07. The smallest absolute Gasteiger partial charge is 0.340 e. The molecule has 1 heterocycles. The zero-order chi connectivity index (χ0) is 14.0. The Labute approximate surface area is 110 Å². The Morgan fingerprint density at radius 2 is 2.11 bits per heavy atom. The number of carbonyl (C=O) groups excluding carboxylic acids is 1. The summed E-state index contributed by atoms with van der Waals surface area (Å²) in [5.41, 5.74) is 2.21. The molecule has 0 fully saturated rings. The molecule has 0 spiro atoms. The third kappa shape index (κ3) is 2.31. The van der Waals surface area contributed by atoms with Gasteiger partial charge in [0.2, 0.25) is 0 Å². The van der Waals surface area contributed by atoms with Gasteiger partial charge in [0.25, 0.3) is 0 Å². The molecule has 4 nitrogen and oxygen atoms in total. The van der Waals surface area contributed by atoms with Crippen molar-refractivity contribution in [3.05, 3.63) is 47.6 Å². The van der Waals surface area contributed by atoms with Gasteiger partial charge >= 0.3 is 5.97 Å². The Morgan fingerprint density at radius 3 is 2.74 bits per heavy atom. The van der Waals surface area contributed by atoms with E-state index in [1.165, 1.54) is 32.6 Å². The second-order valence-electron chi connectivity index (χ2n) is 4.07. The number of nitrogens with zero attached hydrogens (tertiary/aromatic N) is 1. The minimum atomic E-state index is -0.495. The minimum absolute atomic E-state index is 0.324. The van der Waals surface area contributed by atoms with Crippen molar-refractivity contribution >= 4 is 17.2 Å². The number of halogens is 1. The summed E-state index contributed by atoms with van der Waals surface area (Å²) in [5.74, 6) is -0.870. The SMILES string of the molecule is CO/C=C1\C(C(=O)OC)=CN(C)c2ccc(F)cc21. The maximum Gasteiger partial charge on any atom is 0.340 e. The van der Waals surface area contributed by atoms with E-state index in [-0.39, 0.29) is 5.82 Å². The lowest BCUT2D eigenvalue weighted by atomic mass is 9.94. The number of carbonyl (C=O) groups is 1. The van der Waals surface area contributed by atoms with Gasteiger partial charge < -0.3 is 14.4 Å². The molecule has 2 rings (SSSR count). The van der Waals surface area contributed by atoms with E-state index in [1.54, 1.807) is 24.2 Å². The van der Waals surface area contributed by atoms with Crippen LogP contribution >= 0.6 is 0 Å². The number of hydrogen-bond acceptors (Lipinski definition) is 4. The predicted octanol–water partition coefficient (Wildman–Crippen LogP) is 2.32. The third-order valence-corrected chi connectivity index (χ3v) is 2.88. The Bertz CT molecular complexity index is 578. The number of esters is 1. The first-order valence-electron chi connectivity index (χ1n) is 5.64. The van der Waals surface area contributed by atoms with Crippen LogP contribution in [0, 0.1) is 5.82 Å². The van der Waals surface area contributed by atoms with E-state index < -0.39 is 5.97 Å². The molecule has 0 N–H and O–H groups in total. The highest BCUT2D eigenvalue weighted by Gasteiger charge is 2.26. The summed E-state index contributed by atoms with van der Waals surface area (Å²) in [6.07, 6.45) is 3.05. The number of rotatable bonds is 2. The first-order valence-corrected chi connectivity index (χ1v) is 5.64. The molecular formula is C14H14FNO3. The summed E-state index contributed by atoms with van der Waals surface area (Å²) >= 11 is 0. The van der Waals surface area contributed by atoms with E-state index in [9.17, 15) is 9.18 Å². The molecule has 1 aliphatic rings. The van der Waals surface area contributed by atoms with Crippen LogP contribution in [0.5, 0.6) is 0 Å². The van der Waals surface area contributed by atoms with Crippen LogP contribution < -0.4 is 4.90 Å². The van der Waals surface area contributed by atoms with Gasteiger partial charge in [-0.1, -0.05) is 0 Å². The average Bonchev–Trinajstić information content (AvgIpc) is 2.40. The number of hydrogen-bond donors (Lipinski definition) is 0. The van der Waals surface area contributed by atoms with Crippen LogP contribution in [-0.2, 0) is 14.3 Å². The normalized spacial score (nSPS) is 15.9. The Balaban J connectivity index is 2.62. The zero-order valence-corrected chi connectivity index (χ0v) is 10.9. The third-order valence-electron chi connectivity index (χ3n) is 2.88. The van der Waals surface area contributed by atoms with Gasteiger partial charge in [0, 0.05) is 30.1 Å². The lowest BCUT2D eigenvalue weighted by Crippen LogP contribution is -2.21. The summed E-state index contributed by atoms with van der Waals surface area (Å²) in [6, 6.07) is 4.39. The Morgan fingerprint density at radius 1 is 1.37 bits per heavy atom. The van der Waals surface area contributed by atoms with E-state index in [2.05, 4.69) is 0 Å².